The van der Waals surface area contributed by atoms with Crippen LogP contribution in [-0.4, -0.2) is 23.0 Å². The minimum absolute atomic E-state index is 0.113. The molecule has 0 bridgehead atoms. The molecule has 226 valence electrons. The van der Waals surface area contributed by atoms with Gasteiger partial charge in [0.2, 0.25) is 5.91 Å². The molecule has 1 atom stereocenters. The number of nitrogens with one attached hydrogen (secondary N) is 3. The molecule has 0 aromatic heterocycles. The molecule has 5 aromatic rings. The number of benzene rings is 5. The maximum Gasteiger partial charge on any atom is 0.272 e. The molecule has 6 nitrogen and oxygen atoms in total. The number of rotatable bonds is 10. The molecule has 1 unspecified atom stereocenters. The lowest BCUT2D eigenvalue weighted by molar-refractivity contribution is -0.115. The molecule has 0 radical (unpaired) electrons. The van der Waals surface area contributed by atoms with E-state index in [4.69, 9.17) is 0 Å². The lowest BCUT2D eigenvalue weighted by Gasteiger charge is -2.14. The normalized spacial score (nSPS) is 12.0. The average molecular weight is 614 g/mol. The standard InChI is InChI=1S/C38H35N3O3S/c1-25(2)28-18-16-27(17-19-28)22-35(41-37(43)30-11-5-4-6-12-30)38(44)40-32-14-9-15-34(24-32)45-26(3)36(42)39-33-21-20-29-10-7-8-13-31(29)23-33/h4-26H,1-3H3,(H,39,42)(H,40,44)(H,41,43)/b35-22+. The predicted molar refractivity (Wildman–Crippen MR) is 185 cm³/mol. The number of fused-ring (bicyclic) bond motifs is 1. The van der Waals surface area contributed by atoms with Crippen LogP contribution in [0.2, 0.25) is 0 Å². The third-order valence-electron chi connectivity index (χ3n) is 7.23. The monoisotopic (exact) mass is 613 g/mol. The van der Waals surface area contributed by atoms with Gasteiger partial charge in [0.05, 0.1) is 5.25 Å². The van der Waals surface area contributed by atoms with Gasteiger partial charge in [0.1, 0.15) is 5.70 Å². The first kappa shape index (κ1) is 31.3. The van der Waals surface area contributed by atoms with Crippen molar-refractivity contribution in [2.24, 2.45) is 0 Å². The van der Waals surface area contributed by atoms with Crippen LogP contribution in [0.3, 0.4) is 0 Å². The molecule has 0 aliphatic heterocycles. The Hall–Kier alpha value is -5.14. The number of hydrogen-bond acceptors (Lipinski definition) is 4. The summed E-state index contributed by atoms with van der Waals surface area (Å²) in [4.78, 5) is 40.4. The molecule has 0 saturated carbocycles. The highest BCUT2D eigenvalue weighted by molar-refractivity contribution is 8.00. The van der Waals surface area contributed by atoms with Crippen molar-refractivity contribution in [3.05, 3.63) is 144 Å². The van der Waals surface area contributed by atoms with Crippen LogP contribution >= 0.6 is 11.8 Å². The van der Waals surface area contributed by atoms with Crippen molar-refractivity contribution in [3.8, 4) is 0 Å². The molecule has 0 aliphatic carbocycles. The fraction of sp³-hybridized carbons (Fsp3) is 0.132. The lowest BCUT2D eigenvalue weighted by Crippen LogP contribution is -2.30. The molecular formula is C38H35N3O3S. The van der Waals surface area contributed by atoms with E-state index < -0.39 is 11.2 Å². The minimum Gasteiger partial charge on any atom is -0.325 e. The zero-order valence-electron chi connectivity index (χ0n) is 25.4. The van der Waals surface area contributed by atoms with E-state index in [-0.39, 0.29) is 17.5 Å². The fourth-order valence-electron chi connectivity index (χ4n) is 4.70. The molecule has 3 N–H and O–H groups in total. The first-order valence-electron chi connectivity index (χ1n) is 14.8. The van der Waals surface area contributed by atoms with Crippen LogP contribution in [0.4, 0.5) is 11.4 Å². The van der Waals surface area contributed by atoms with Crippen molar-refractivity contribution in [2.75, 3.05) is 10.6 Å². The zero-order chi connectivity index (χ0) is 31.8. The Kier molecular flexibility index (Phi) is 10.1. The van der Waals surface area contributed by atoms with E-state index in [1.54, 1.807) is 36.4 Å². The van der Waals surface area contributed by atoms with Gasteiger partial charge in [-0.25, -0.2) is 0 Å². The second-order valence-electron chi connectivity index (χ2n) is 11.0. The van der Waals surface area contributed by atoms with Crippen LogP contribution in [0.1, 0.15) is 48.2 Å². The molecular weight excluding hydrogens is 579 g/mol. The molecule has 0 fully saturated rings. The summed E-state index contributed by atoms with van der Waals surface area (Å²) < 4.78 is 0. The molecule has 0 saturated heterocycles. The molecule has 0 aliphatic rings. The summed E-state index contributed by atoms with van der Waals surface area (Å²) in [5.74, 6) is -0.592. The van der Waals surface area contributed by atoms with E-state index in [9.17, 15) is 14.4 Å². The highest BCUT2D eigenvalue weighted by Crippen LogP contribution is 2.28. The Morgan fingerprint density at radius 1 is 0.667 bits per heavy atom. The molecule has 45 heavy (non-hydrogen) atoms. The quantitative estimate of drug-likeness (QED) is 0.109. The summed E-state index contributed by atoms with van der Waals surface area (Å²) in [5, 5.41) is 10.5. The second-order valence-corrected chi connectivity index (χ2v) is 12.4. The van der Waals surface area contributed by atoms with E-state index in [1.165, 1.54) is 17.3 Å². The number of hydrogen-bond donors (Lipinski definition) is 3. The highest BCUT2D eigenvalue weighted by atomic mass is 32.2. The van der Waals surface area contributed by atoms with Crippen LogP contribution in [0.15, 0.2) is 132 Å². The van der Waals surface area contributed by atoms with E-state index >= 15 is 0 Å². The van der Waals surface area contributed by atoms with E-state index in [2.05, 4.69) is 29.8 Å². The number of thioether (sulfide) groups is 1. The molecule has 5 aromatic carbocycles. The number of amides is 3. The van der Waals surface area contributed by atoms with Gasteiger partial charge in [0.25, 0.3) is 11.8 Å². The lowest BCUT2D eigenvalue weighted by atomic mass is 10.0. The Balaban J connectivity index is 1.29. The van der Waals surface area contributed by atoms with Crippen molar-refractivity contribution >= 4 is 57.7 Å². The van der Waals surface area contributed by atoms with Crippen LogP contribution in [0, 0.1) is 0 Å². The van der Waals surface area contributed by atoms with Gasteiger partial charge in [-0.05, 0) is 83.3 Å². The van der Waals surface area contributed by atoms with Crippen molar-refractivity contribution in [3.63, 3.8) is 0 Å². The van der Waals surface area contributed by atoms with Gasteiger partial charge in [0, 0.05) is 21.8 Å². The van der Waals surface area contributed by atoms with Gasteiger partial charge in [-0.1, -0.05) is 92.7 Å². The van der Waals surface area contributed by atoms with Crippen molar-refractivity contribution < 1.29 is 14.4 Å². The maximum absolute atomic E-state index is 13.5. The summed E-state index contributed by atoms with van der Waals surface area (Å²) in [7, 11) is 0. The first-order valence-corrected chi connectivity index (χ1v) is 15.7. The molecule has 5 rings (SSSR count). The predicted octanol–water partition coefficient (Wildman–Crippen LogP) is 8.49. The van der Waals surface area contributed by atoms with E-state index in [0.717, 1.165) is 26.9 Å². The van der Waals surface area contributed by atoms with Gasteiger partial charge in [0.15, 0.2) is 0 Å². The molecule has 0 heterocycles. The van der Waals surface area contributed by atoms with E-state index in [1.807, 2.05) is 97.9 Å². The Labute approximate surface area is 268 Å². The SMILES string of the molecule is CC(Sc1cccc(NC(=O)/C(=C\c2ccc(C(C)C)cc2)NC(=O)c2ccccc2)c1)C(=O)Nc1ccc2ccccc2c1. The van der Waals surface area contributed by atoms with Gasteiger partial charge in [-0.3, -0.25) is 14.4 Å². The summed E-state index contributed by atoms with van der Waals surface area (Å²) in [6, 6.07) is 37.8. The molecule has 0 spiro atoms. The van der Waals surface area contributed by atoms with Gasteiger partial charge >= 0.3 is 0 Å². The van der Waals surface area contributed by atoms with Crippen LogP contribution in [-0.2, 0) is 9.59 Å². The molecule has 3 amide bonds. The number of carbonyl (C=O) groups is 3. The first-order chi connectivity index (χ1) is 21.7. The summed E-state index contributed by atoms with van der Waals surface area (Å²) in [5.41, 5.74) is 3.81. The zero-order valence-corrected chi connectivity index (χ0v) is 26.2. The van der Waals surface area contributed by atoms with Crippen LogP contribution < -0.4 is 16.0 Å². The summed E-state index contributed by atoms with van der Waals surface area (Å²) >= 11 is 1.39. The van der Waals surface area contributed by atoms with Crippen LogP contribution in [0.5, 0.6) is 0 Å². The Morgan fingerprint density at radius 3 is 2.09 bits per heavy atom. The highest BCUT2D eigenvalue weighted by Gasteiger charge is 2.18. The van der Waals surface area contributed by atoms with Gasteiger partial charge in [-0.2, -0.15) is 0 Å². The third-order valence-corrected chi connectivity index (χ3v) is 8.33. The van der Waals surface area contributed by atoms with Gasteiger partial charge in [-0.15, -0.1) is 11.8 Å². The largest absolute Gasteiger partial charge is 0.325 e. The second kappa shape index (κ2) is 14.6. The van der Waals surface area contributed by atoms with Crippen molar-refractivity contribution in [1.29, 1.82) is 0 Å². The smallest absolute Gasteiger partial charge is 0.272 e. The number of anilines is 2. The minimum atomic E-state index is -0.462. The van der Waals surface area contributed by atoms with Gasteiger partial charge < -0.3 is 16.0 Å². The maximum atomic E-state index is 13.5. The fourth-order valence-corrected chi connectivity index (χ4v) is 5.63. The average Bonchev–Trinajstić information content (AvgIpc) is 3.05. The number of carbonyl (C=O) groups excluding carboxylic acids is 3. The van der Waals surface area contributed by atoms with Crippen molar-refractivity contribution in [2.45, 2.75) is 36.8 Å². The third kappa shape index (κ3) is 8.49. The molecule has 7 heteroatoms. The van der Waals surface area contributed by atoms with Crippen molar-refractivity contribution in [1.82, 2.24) is 5.32 Å². The summed E-state index contributed by atoms with van der Waals surface area (Å²) in [6.45, 7) is 6.08. The summed E-state index contributed by atoms with van der Waals surface area (Å²) in [6.07, 6.45) is 1.66. The topological polar surface area (TPSA) is 87.3 Å². The Morgan fingerprint density at radius 2 is 1.36 bits per heavy atom. The van der Waals surface area contributed by atoms with Crippen LogP contribution in [0.25, 0.3) is 16.8 Å². The Bertz CT molecular complexity index is 1850. The van der Waals surface area contributed by atoms with E-state index in [0.29, 0.717) is 17.2 Å².